The second-order valence-corrected chi connectivity index (χ2v) is 6.81. The summed E-state index contributed by atoms with van der Waals surface area (Å²) in [6.45, 7) is 6.38. The molecule has 0 atom stereocenters. The van der Waals surface area contributed by atoms with Crippen molar-refractivity contribution in [2.24, 2.45) is 0 Å². The zero-order chi connectivity index (χ0) is 17.8. The Hall–Kier alpha value is -2.53. The first-order valence-corrected chi connectivity index (χ1v) is 9.36. The predicted octanol–water partition coefficient (Wildman–Crippen LogP) is 3.26. The van der Waals surface area contributed by atoms with E-state index in [0.29, 0.717) is 0 Å². The fraction of sp³-hybridized carbons (Fsp3) is 0.381. The van der Waals surface area contributed by atoms with Crippen molar-refractivity contribution < 1.29 is 4.74 Å². The Morgan fingerprint density at radius 2 is 1.69 bits per heavy atom. The van der Waals surface area contributed by atoms with Crippen molar-refractivity contribution >= 4 is 16.6 Å². The number of nitrogens with zero attached hydrogens (tertiary/aromatic N) is 4. The second-order valence-electron chi connectivity index (χ2n) is 6.81. The summed E-state index contributed by atoms with van der Waals surface area (Å²) >= 11 is 0. The smallest absolute Gasteiger partial charge is 0.142 e. The highest BCUT2D eigenvalue weighted by Crippen LogP contribution is 2.28. The third-order valence-electron chi connectivity index (χ3n) is 5.12. The molecule has 0 N–H and O–H groups in total. The Labute approximate surface area is 154 Å². The van der Waals surface area contributed by atoms with Crippen molar-refractivity contribution in [3.8, 4) is 5.75 Å². The van der Waals surface area contributed by atoms with Crippen LogP contribution in [0, 0.1) is 0 Å². The van der Waals surface area contributed by atoms with Gasteiger partial charge in [0.05, 0.1) is 18.3 Å². The molecule has 1 aliphatic heterocycles. The number of anilines is 1. The maximum Gasteiger partial charge on any atom is 0.142 e. The standard InChI is InChI=1S/C21H26N4O/c1-26-21-10-5-4-9-20(21)24-15-13-23(14-16-24)11-6-12-25-17-18-7-2-3-8-19(18)22-25/h2-5,7-10,17H,6,11-16H2,1H3. The molecule has 4 rings (SSSR count). The molecule has 5 nitrogen and oxygen atoms in total. The summed E-state index contributed by atoms with van der Waals surface area (Å²) in [5.74, 6) is 0.965. The van der Waals surface area contributed by atoms with Crippen LogP contribution in [0.5, 0.6) is 5.75 Å². The molecule has 3 aromatic rings. The first-order chi connectivity index (χ1) is 12.8. The molecule has 0 bridgehead atoms. The SMILES string of the molecule is COc1ccccc1N1CCN(CCCn2cc3ccccc3n2)CC1. The van der Waals surface area contributed by atoms with Crippen molar-refractivity contribution in [2.45, 2.75) is 13.0 Å². The molecule has 0 radical (unpaired) electrons. The third kappa shape index (κ3) is 3.68. The highest BCUT2D eigenvalue weighted by atomic mass is 16.5. The van der Waals surface area contributed by atoms with Crippen molar-refractivity contribution in [1.29, 1.82) is 0 Å². The van der Waals surface area contributed by atoms with Gasteiger partial charge in [-0.25, -0.2) is 0 Å². The largest absolute Gasteiger partial charge is 0.495 e. The van der Waals surface area contributed by atoms with E-state index in [1.54, 1.807) is 7.11 Å². The molecule has 26 heavy (non-hydrogen) atoms. The van der Waals surface area contributed by atoms with E-state index in [1.165, 1.54) is 11.1 Å². The summed E-state index contributed by atoms with van der Waals surface area (Å²) in [5.41, 5.74) is 2.29. The van der Waals surface area contributed by atoms with Gasteiger partial charge >= 0.3 is 0 Å². The molecule has 0 unspecified atom stereocenters. The minimum Gasteiger partial charge on any atom is -0.495 e. The number of hydrogen-bond acceptors (Lipinski definition) is 4. The molecule has 5 heteroatoms. The summed E-state index contributed by atoms with van der Waals surface area (Å²) in [5, 5.41) is 5.86. The van der Waals surface area contributed by atoms with Crippen LogP contribution in [-0.4, -0.2) is 54.5 Å². The molecule has 1 saturated heterocycles. The minimum absolute atomic E-state index is 0.965. The van der Waals surface area contributed by atoms with Crippen molar-refractivity contribution in [3.63, 3.8) is 0 Å². The molecular weight excluding hydrogens is 324 g/mol. The van der Waals surface area contributed by atoms with Crippen molar-refractivity contribution in [3.05, 3.63) is 54.7 Å². The summed E-state index contributed by atoms with van der Waals surface area (Å²) in [6, 6.07) is 16.6. The van der Waals surface area contributed by atoms with Crippen molar-refractivity contribution in [1.82, 2.24) is 14.7 Å². The fourth-order valence-corrected chi connectivity index (χ4v) is 3.69. The van der Waals surface area contributed by atoms with Crippen LogP contribution >= 0.6 is 0 Å². The van der Waals surface area contributed by atoms with Gasteiger partial charge < -0.3 is 9.64 Å². The summed E-state index contributed by atoms with van der Waals surface area (Å²) in [7, 11) is 1.74. The lowest BCUT2D eigenvalue weighted by atomic mass is 10.2. The van der Waals surface area contributed by atoms with Gasteiger partial charge in [-0.1, -0.05) is 30.3 Å². The number of ether oxygens (including phenoxy) is 1. The van der Waals surface area contributed by atoms with E-state index in [9.17, 15) is 0 Å². The van der Waals surface area contributed by atoms with Crippen LogP contribution in [-0.2, 0) is 6.54 Å². The average Bonchev–Trinajstić information content (AvgIpc) is 3.11. The van der Waals surface area contributed by atoms with Gasteiger partial charge in [-0.2, -0.15) is 5.10 Å². The molecule has 1 aromatic heterocycles. The maximum atomic E-state index is 5.50. The Morgan fingerprint density at radius 1 is 0.923 bits per heavy atom. The number of aromatic nitrogens is 2. The van der Waals surface area contributed by atoms with Crippen LogP contribution in [0.4, 0.5) is 5.69 Å². The highest BCUT2D eigenvalue weighted by Gasteiger charge is 2.19. The monoisotopic (exact) mass is 350 g/mol. The molecule has 0 saturated carbocycles. The average molecular weight is 350 g/mol. The topological polar surface area (TPSA) is 33.5 Å². The van der Waals surface area contributed by atoms with Gasteiger partial charge in [0.1, 0.15) is 5.75 Å². The number of fused-ring (bicyclic) bond motifs is 1. The van der Waals surface area contributed by atoms with Crippen molar-refractivity contribution in [2.75, 3.05) is 44.7 Å². The Kier molecular flexibility index (Phi) is 5.07. The number of hydrogen-bond donors (Lipinski definition) is 0. The van der Waals surface area contributed by atoms with Gasteiger partial charge in [0.2, 0.25) is 0 Å². The van der Waals surface area contributed by atoms with Gasteiger partial charge in [0, 0.05) is 50.9 Å². The van der Waals surface area contributed by atoms with Gasteiger partial charge in [0.25, 0.3) is 0 Å². The molecule has 1 fully saturated rings. The van der Waals surface area contributed by atoms with E-state index in [4.69, 9.17) is 4.74 Å². The number of benzene rings is 2. The first-order valence-electron chi connectivity index (χ1n) is 9.36. The highest BCUT2D eigenvalue weighted by molar-refractivity contribution is 5.77. The lowest BCUT2D eigenvalue weighted by Gasteiger charge is -2.36. The van der Waals surface area contributed by atoms with Crippen LogP contribution < -0.4 is 9.64 Å². The molecule has 1 aliphatic rings. The fourth-order valence-electron chi connectivity index (χ4n) is 3.69. The summed E-state index contributed by atoms with van der Waals surface area (Å²) < 4.78 is 7.58. The quantitative estimate of drug-likeness (QED) is 0.683. The minimum atomic E-state index is 0.965. The Morgan fingerprint density at radius 3 is 2.50 bits per heavy atom. The van der Waals surface area contributed by atoms with E-state index < -0.39 is 0 Å². The van der Waals surface area contributed by atoms with Gasteiger partial charge in [-0.05, 0) is 24.6 Å². The Bertz CT molecular complexity index is 819. The number of para-hydroxylation sites is 2. The number of rotatable bonds is 6. The first kappa shape index (κ1) is 16.9. The summed E-state index contributed by atoms with van der Waals surface area (Å²) in [4.78, 5) is 4.98. The zero-order valence-corrected chi connectivity index (χ0v) is 15.3. The summed E-state index contributed by atoms with van der Waals surface area (Å²) in [6.07, 6.45) is 3.28. The normalized spacial score (nSPS) is 15.5. The third-order valence-corrected chi connectivity index (χ3v) is 5.12. The van der Waals surface area contributed by atoms with Gasteiger partial charge in [-0.3, -0.25) is 9.58 Å². The number of aryl methyl sites for hydroxylation is 1. The molecule has 0 spiro atoms. The van der Waals surface area contributed by atoms with E-state index in [1.807, 2.05) is 18.2 Å². The number of piperazine rings is 1. The van der Waals surface area contributed by atoms with E-state index in [-0.39, 0.29) is 0 Å². The maximum absolute atomic E-state index is 5.50. The molecule has 2 heterocycles. The van der Waals surface area contributed by atoms with Gasteiger partial charge in [-0.15, -0.1) is 0 Å². The van der Waals surface area contributed by atoms with E-state index in [2.05, 4.69) is 56.1 Å². The van der Waals surface area contributed by atoms with Crippen LogP contribution in [0.2, 0.25) is 0 Å². The van der Waals surface area contributed by atoms with Crippen LogP contribution in [0.3, 0.4) is 0 Å². The number of methoxy groups -OCH3 is 1. The molecule has 2 aromatic carbocycles. The lowest BCUT2D eigenvalue weighted by Crippen LogP contribution is -2.46. The Balaban J connectivity index is 1.26. The molecular formula is C21H26N4O. The zero-order valence-electron chi connectivity index (χ0n) is 15.3. The van der Waals surface area contributed by atoms with Crippen LogP contribution in [0.15, 0.2) is 54.7 Å². The van der Waals surface area contributed by atoms with Gasteiger partial charge in [0.15, 0.2) is 0 Å². The van der Waals surface area contributed by atoms with E-state index in [0.717, 1.165) is 57.0 Å². The molecule has 0 aliphatic carbocycles. The lowest BCUT2D eigenvalue weighted by molar-refractivity contribution is 0.248. The second kappa shape index (κ2) is 7.79. The van der Waals surface area contributed by atoms with Crippen LogP contribution in [0.1, 0.15) is 6.42 Å². The van der Waals surface area contributed by atoms with E-state index >= 15 is 0 Å². The molecule has 136 valence electrons. The molecule has 0 amide bonds. The van der Waals surface area contributed by atoms with Crippen LogP contribution in [0.25, 0.3) is 10.9 Å². The predicted molar refractivity (Wildman–Crippen MR) is 106 cm³/mol.